The summed E-state index contributed by atoms with van der Waals surface area (Å²) < 4.78 is 10.9. The Balaban J connectivity index is 1.78. The van der Waals surface area contributed by atoms with E-state index in [-0.39, 0.29) is 5.97 Å². The van der Waals surface area contributed by atoms with Crippen LogP contribution in [-0.4, -0.2) is 32.3 Å². The lowest BCUT2D eigenvalue weighted by Gasteiger charge is -2.22. The molecule has 2 rings (SSSR count). The Morgan fingerprint density at radius 1 is 1.33 bits per heavy atom. The van der Waals surface area contributed by atoms with Crippen molar-refractivity contribution in [1.29, 1.82) is 0 Å². The van der Waals surface area contributed by atoms with Gasteiger partial charge in [0.25, 0.3) is 0 Å². The summed E-state index contributed by atoms with van der Waals surface area (Å²) in [6, 6.07) is 7.51. The summed E-state index contributed by atoms with van der Waals surface area (Å²) in [5, 5.41) is 3.35. The maximum Gasteiger partial charge on any atom is 0.338 e. The van der Waals surface area contributed by atoms with Gasteiger partial charge < -0.3 is 14.8 Å². The fraction of sp³-hybridized carbons (Fsp3) is 0.588. The number of carbonyl (C=O) groups is 1. The Hall–Kier alpha value is -1.39. The van der Waals surface area contributed by atoms with Crippen LogP contribution >= 0.6 is 0 Å². The number of hydrogen-bond donors (Lipinski definition) is 1. The monoisotopic (exact) mass is 291 g/mol. The molecule has 0 aliphatic carbocycles. The topological polar surface area (TPSA) is 47.6 Å². The second-order valence-corrected chi connectivity index (χ2v) is 5.54. The summed E-state index contributed by atoms with van der Waals surface area (Å²) in [5.74, 6) is 0.404. The Morgan fingerprint density at radius 3 is 2.90 bits per heavy atom. The first kappa shape index (κ1) is 16.0. The molecule has 1 aliphatic heterocycles. The molecule has 1 fully saturated rings. The molecular weight excluding hydrogens is 266 g/mol. The van der Waals surface area contributed by atoms with E-state index >= 15 is 0 Å². The van der Waals surface area contributed by atoms with E-state index in [9.17, 15) is 4.79 Å². The number of carbonyl (C=O) groups excluding carboxylic acids is 1. The van der Waals surface area contributed by atoms with E-state index in [4.69, 9.17) is 9.47 Å². The number of ether oxygens (including phenoxy) is 2. The Labute approximate surface area is 126 Å². The quantitative estimate of drug-likeness (QED) is 0.785. The van der Waals surface area contributed by atoms with Crippen molar-refractivity contribution in [1.82, 2.24) is 5.32 Å². The first-order valence-corrected chi connectivity index (χ1v) is 7.84. The average Bonchev–Trinajstić information content (AvgIpc) is 2.54. The van der Waals surface area contributed by atoms with Gasteiger partial charge in [-0.15, -0.1) is 0 Å². The lowest BCUT2D eigenvalue weighted by atomic mass is 9.99. The van der Waals surface area contributed by atoms with E-state index in [1.165, 1.54) is 12.8 Å². The molecule has 4 heteroatoms. The second-order valence-electron chi connectivity index (χ2n) is 5.54. The molecule has 116 valence electrons. The predicted molar refractivity (Wildman–Crippen MR) is 82.3 cm³/mol. The Kier molecular flexibility index (Phi) is 6.70. The zero-order valence-corrected chi connectivity index (χ0v) is 12.8. The maximum atomic E-state index is 11.8. The number of hydrogen-bond acceptors (Lipinski definition) is 4. The molecule has 0 atom stereocenters. The van der Waals surface area contributed by atoms with Crippen LogP contribution in [0.4, 0.5) is 0 Å². The SMILES string of the molecule is CCCOC(=O)c1cccc(COCC2CCNCC2)c1. The largest absolute Gasteiger partial charge is 0.462 e. The average molecular weight is 291 g/mol. The van der Waals surface area contributed by atoms with Crippen molar-refractivity contribution < 1.29 is 14.3 Å². The number of benzene rings is 1. The van der Waals surface area contributed by atoms with E-state index in [0.29, 0.717) is 24.7 Å². The van der Waals surface area contributed by atoms with Crippen molar-refractivity contribution in [3.05, 3.63) is 35.4 Å². The maximum absolute atomic E-state index is 11.8. The van der Waals surface area contributed by atoms with Crippen LogP contribution < -0.4 is 5.32 Å². The molecule has 1 aliphatic rings. The summed E-state index contributed by atoms with van der Waals surface area (Å²) in [6.45, 7) is 5.98. The molecular formula is C17H25NO3. The van der Waals surface area contributed by atoms with Gasteiger partial charge in [-0.3, -0.25) is 0 Å². The summed E-state index contributed by atoms with van der Waals surface area (Å²) in [4.78, 5) is 11.8. The smallest absolute Gasteiger partial charge is 0.338 e. The fourth-order valence-corrected chi connectivity index (χ4v) is 2.46. The van der Waals surface area contributed by atoms with Gasteiger partial charge in [-0.2, -0.15) is 0 Å². The van der Waals surface area contributed by atoms with E-state index < -0.39 is 0 Å². The van der Waals surface area contributed by atoms with Crippen molar-refractivity contribution in [3.8, 4) is 0 Å². The third-order valence-corrected chi connectivity index (χ3v) is 3.68. The van der Waals surface area contributed by atoms with E-state index in [0.717, 1.165) is 31.7 Å². The molecule has 4 nitrogen and oxygen atoms in total. The Bertz CT molecular complexity index is 441. The van der Waals surface area contributed by atoms with Crippen LogP contribution in [-0.2, 0) is 16.1 Å². The molecule has 21 heavy (non-hydrogen) atoms. The molecule has 1 aromatic carbocycles. The lowest BCUT2D eigenvalue weighted by Crippen LogP contribution is -2.29. The molecule has 0 amide bonds. The highest BCUT2D eigenvalue weighted by Gasteiger charge is 2.13. The minimum atomic E-state index is -0.253. The highest BCUT2D eigenvalue weighted by molar-refractivity contribution is 5.89. The molecule has 1 aromatic rings. The normalized spacial score (nSPS) is 15.9. The van der Waals surface area contributed by atoms with Gasteiger partial charge in [0.1, 0.15) is 0 Å². The van der Waals surface area contributed by atoms with E-state index in [2.05, 4.69) is 5.32 Å². The van der Waals surface area contributed by atoms with Crippen LogP contribution in [0.3, 0.4) is 0 Å². The lowest BCUT2D eigenvalue weighted by molar-refractivity contribution is 0.0504. The molecule has 0 radical (unpaired) electrons. The molecule has 0 bridgehead atoms. The highest BCUT2D eigenvalue weighted by atomic mass is 16.5. The van der Waals surface area contributed by atoms with Crippen molar-refractivity contribution in [2.24, 2.45) is 5.92 Å². The van der Waals surface area contributed by atoms with Gasteiger partial charge in [0.15, 0.2) is 0 Å². The Morgan fingerprint density at radius 2 is 2.14 bits per heavy atom. The second kappa shape index (κ2) is 8.80. The van der Waals surface area contributed by atoms with Crippen molar-refractivity contribution >= 4 is 5.97 Å². The summed E-state index contributed by atoms with van der Waals surface area (Å²) in [5.41, 5.74) is 1.63. The highest BCUT2D eigenvalue weighted by Crippen LogP contribution is 2.14. The molecule has 0 saturated carbocycles. The van der Waals surface area contributed by atoms with Crippen LogP contribution in [0.2, 0.25) is 0 Å². The van der Waals surface area contributed by atoms with Crippen LogP contribution in [0.15, 0.2) is 24.3 Å². The molecule has 0 aromatic heterocycles. The predicted octanol–water partition coefficient (Wildman–Crippen LogP) is 2.77. The van der Waals surface area contributed by atoms with Gasteiger partial charge in [0, 0.05) is 6.61 Å². The molecule has 1 N–H and O–H groups in total. The van der Waals surface area contributed by atoms with Crippen LogP contribution in [0.5, 0.6) is 0 Å². The molecule has 0 spiro atoms. The first-order chi connectivity index (χ1) is 10.3. The number of esters is 1. The van der Waals surface area contributed by atoms with Crippen molar-refractivity contribution in [2.75, 3.05) is 26.3 Å². The zero-order chi connectivity index (χ0) is 14.9. The summed E-state index contributed by atoms with van der Waals surface area (Å²) in [6.07, 6.45) is 3.21. The van der Waals surface area contributed by atoms with Crippen molar-refractivity contribution in [3.63, 3.8) is 0 Å². The summed E-state index contributed by atoms with van der Waals surface area (Å²) >= 11 is 0. The molecule has 1 saturated heterocycles. The number of nitrogens with one attached hydrogen (secondary N) is 1. The first-order valence-electron chi connectivity index (χ1n) is 7.84. The minimum absolute atomic E-state index is 0.253. The number of piperidine rings is 1. The van der Waals surface area contributed by atoms with Crippen LogP contribution in [0, 0.1) is 5.92 Å². The third kappa shape index (κ3) is 5.48. The van der Waals surface area contributed by atoms with Gasteiger partial charge in [-0.1, -0.05) is 19.1 Å². The van der Waals surface area contributed by atoms with E-state index in [1.54, 1.807) is 6.07 Å². The van der Waals surface area contributed by atoms with Crippen molar-refractivity contribution in [2.45, 2.75) is 32.8 Å². The summed E-state index contributed by atoms with van der Waals surface area (Å²) in [7, 11) is 0. The van der Waals surface area contributed by atoms with Crippen LogP contribution in [0.25, 0.3) is 0 Å². The van der Waals surface area contributed by atoms with Gasteiger partial charge >= 0.3 is 5.97 Å². The standard InChI is InChI=1S/C17H25NO3/c1-2-10-21-17(19)16-5-3-4-15(11-16)13-20-12-14-6-8-18-9-7-14/h3-5,11,14,18H,2,6-10,12-13H2,1H3. The van der Waals surface area contributed by atoms with E-state index in [1.807, 2.05) is 25.1 Å². The minimum Gasteiger partial charge on any atom is -0.462 e. The van der Waals surface area contributed by atoms with Crippen LogP contribution in [0.1, 0.15) is 42.1 Å². The number of rotatable bonds is 7. The zero-order valence-electron chi connectivity index (χ0n) is 12.8. The van der Waals surface area contributed by atoms with Gasteiger partial charge in [-0.05, 0) is 56.0 Å². The van der Waals surface area contributed by atoms with Gasteiger partial charge in [-0.25, -0.2) is 4.79 Å². The van der Waals surface area contributed by atoms with Gasteiger partial charge in [0.2, 0.25) is 0 Å². The third-order valence-electron chi connectivity index (χ3n) is 3.68. The van der Waals surface area contributed by atoms with Gasteiger partial charge in [0.05, 0.1) is 18.8 Å². The molecule has 1 heterocycles. The molecule has 0 unspecified atom stereocenters. The fourth-order valence-electron chi connectivity index (χ4n) is 2.46.